The highest BCUT2D eigenvalue weighted by molar-refractivity contribution is 5.93. The van der Waals surface area contributed by atoms with Crippen molar-refractivity contribution in [3.05, 3.63) is 59.8 Å². The highest BCUT2D eigenvalue weighted by Crippen LogP contribution is 2.28. The first-order valence-corrected chi connectivity index (χ1v) is 6.81. The van der Waals surface area contributed by atoms with Gasteiger partial charge < -0.3 is 9.73 Å². The molecule has 2 aromatic heterocycles. The Morgan fingerprint density at radius 3 is 2.80 bits per heavy atom. The summed E-state index contributed by atoms with van der Waals surface area (Å²) in [5.41, 5.74) is 2.30. The van der Waals surface area contributed by atoms with E-state index >= 15 is 0 Å². The number of nitrogens with zero attached hydrogens (tertiary/aromatic N) is 1. The van der Waals surface area contributed by atoms with Crippen molar-refractivity contribution >= 4 is 16.5 Å². The molecule has 3 nitrogen and oxygen atoms in total. The fraction of sp³-hybridized carbons (Fsp3) is 0.235. The number of hydrogen-bond donors (Lipinski definition) is 1. The van der Waals surface area contributed by atoms with Crippen LogP contribution in [0, 0.1) is 13.8 Å². The molecule has 102 valence electrons. The van der Waals surface area contributed by atoms with Gasteiger partial charge in [-0.25, -0.2) is 0 Å². The Bertz CT molecular complexity index is 740. The van der Waals surface area contributed by atoms with Gasteiger partial charge in [0.05, 0.1) is 6.04 Å². The Hall–Kier alpha value is -2.29. The molecule has 0 saturated carbocycles. The first-order chi connectivity index (χ1) is 9.65. The minimum absolute atomic E-state index is 0.193. The van der Waals surface area contributed by atoms with Gasteiger partial charge in [0.15, 0.2) is 0 Å². The number of fused-ring (bicyclic) bond motifs is 1. The Kier molecular flexibility index (Phi) is 3.18. The summed E-state index contributed by atoms with van der Waals surface area (Å²) < 4.78 is 5.61. The third kappa shape index (κ3) is 2.27. The van der Waals surface area contributed by atoms with Gasteiger partial charge >= 0.3 is 0 Å². The van der Waals surface area contributed by atoms with E-state index < -0.39 is 0 Å². The van der Waals surface area contributed by atoms with E-state index in [1.807, 2.05) is 32.3 Å². The summed E-state index contributed by atoms with van der Waals surface area (Å²) in [6.45, 7) is 6.13. The van der Waals surface area contributed by atoms with Crippen LogP contribution in [0.1, 0.15) is 30.0 Å². The van der Waals surface area contributed by atoms with E-state index in [-0.39, 0.29) is 6.04 Å². The third-order valence-electron chi connectivity index (χ3n) is 3.60. The van der Waals surface area contributed by atoms with Crippen molar-refractivity contribution in [1.82, 2.24) is 4.98 Å². The molecule has 1 atom stereocenters. The number of aryl methyl sites for hydroxylation is 2. The standard InChI is InChI=1S/C17H18N2O/c1-11-9-15(13(3)20-11)12(2)19-17-6-4-5-14-7-8-18-10-16(14)17/h4-10,12,19H,1-3H3. The highest BCUT2D eigenvalue weighted by atomic mass is 16.3. The van der Waals surface area contributed by atoms with Gasteiger partial charge in [-0.2, -0.15) is 0 Å². The molecular formula is C17H18N2O. The van der Waals surface area contributed by atoms with E-state index in [9.17, 15) is 0 Å². The van der Waals surface area contributed by atoms with Crippen molar-refractivity contribution in [3.8, 4) is 0 Å². The minimum Gasteiger partial charge on any atom is -0.466 e. The fourth-order valence-electron chi connectivity index (χ4n) is 2.63. The molecule has 0 fully saturated rings. The summed E-state index contributed by atoms with van der Waals surface area (Å²) in [6.07, 6.45) is 3.72. The molecular weight excluding hydrogens is 248 g/mol. The maximum absolute atomic E-state index is 5.61. The first-order valence-electron chi connectivity index (χ1n) is 6.81. The van der Waals surface area contributed by atoms with Crippen molar-refractivity contribution < 1.29 is 4.42 Å². The van der Waals surface area contributed by atoms with Crippen LogP contribution in [-0.4, -0.2) is 4.98 Å². The predicted octanol–water partition coefficient (Wildman–Crippen LogP) is 4.62. The van der Waals surface area contributed by atoms with Crippen LogP contribution < -0.4 is 5.32 Å². The van der Waals surface area contributed by atoms with Crippen LogP contribution in [0.15, 0.2) is 47.1 Å². The van der Waals surface area contributed by atoms with Gasteiger partial charge in [0, 0.05) is 29.0 Å². The van der Waals surface area contributed by atoms with Crippen LogP contribution in [0.5, 0.6) is 0 Å². The number of benzene rings is 1. The Labute approximate surface area is 118 Å². The van der Waals surface area contributed by atoms with Crippen molar-refractivity contribution in [1.29, 1.82) is 0 Å². The lowest BCUT2D eigenvalue weighted by Crippen LogP contribution is -2.07. The van der Waals surface area contributed by atoms with Crippen LogP contribution in [-0.2, 0) is 0 Å². The molecule has 0 saturated heterocycles. The van der Waals surface area contributed by atoms with E-state index in [2.05, 4.69) is 41.5 Å². The lowest BCUT2D eigenvalue weighted by Gasteiger charge is -2.16. The zero-order valence-electron chi connectivity index (χ0n) is 12.0. The van der Waals surface area contributed by atoms with Gasteiger partial charge in [-0.3, -0.25) is 4.98 Å². The van der Waals surface area contributed by atoms with Crippen LogP contribution in [0.4, 0.5) is 5.69 Å². The summed E-state index contributed by atoms with van der Waals surface area (Å²) >= 11 is 0. The molecule has 1 aromatic carbocycles. The highest BCUT2D eigenvalue weighted by Gasteiger charge is 2.13. The van der Waals surface area contributed by atoms with E-state index in [1.165, 1.54) is 10.9 Å². The van der Waals surface area contributed by atoms with Crippen molar-refractivity contribution in [3.63, 3.8) is 0 Å². The Morgan fingerprint density at radius 1 is 1.20 bits per heavy atom. The first kappa shape index (κ1) is 12.7. The second-order valence-electron chi connectivity index (χ2n) is 5.14. The van der Waals surface area contributed by atoms with Gasteiger partial charge in [0.25, 0.3) is 0 Å². The lowest BCUT2D eigenvalue weighted by atomic mass is 10.1. The number of aromatic nitrogens is 1. The van der Waals surface area contributed by atoms with Crippen LogP contribution in [0.2, 0.25) is 0 Å². The number of rotatable bonds is 3. The van der Waals surface area contributed by atoms with E-state index in [1.54, 1.807) is 0 Å². The number of furan rings is 1. The Morgan fingerprint density at radius 2 is 2.05 bits per heavy atom. The van der Waals surface area contributed by atoms with Gasteiger partial charge in [-0.15, -0.1) is 0 Å². The number of nitrogens with one attached hydrogen (secondary N) is 1. The topological polar surface area (TPSA) is 38.1 Å². The molecule has 0 spiro atoms. The number of pyridine rings is 1. The lowest BCUT2D eigenvalue weighted by molar-refractivity contribution is 0.500. The Balaban J connectivity index is 1.95. The van der Waals surface area contributed by atoms with Crippen LogP contribution in [0.25, 0.3) is 10.8 Å². The maximum Gasteiger partial charge on any atom is 0.106 e. The summed E-state index contributed by atoms with van der Waals surface area (Å²) in [5, 5.41) is 5.89. The van der Waals surface area contributed by atoms with Gasteiger partial charge in [0.1, 0.15) is 11.5 Å². The SMILES string of the molecule is Cc1cc(C(C)Nc2cccc3ccncc23)c(C)o1. The average molecular weight is 266 g/mol. The summed E-state index contributed by atoms with van der Waals surface area (Å²) in [4.78, 5) is 4.22. The second kappa shape index (κ2) is 5.00. The summed E-state index contributed by atoms with van der Waals surface area (Å²) in [5.74, 6) is 1.92. The average Bonchev–Trinajstić information content (AvgIpc) is 2.78. The molecule has 1 unspecified atom stereocenters. The summed E-state index contributed by atoms with van der Waals surface area (Å²) in [7, 11) is 0. The molecule has 0 amide bonds. The second-order valence-corrected chi connectivity index (χ2v) is 5.14. The molecule has 0 bridgehead atoms. The van der Waals surface area contributed by atoms with Gasteiger partial charge in [-0.05, 0) is 44.4 Å². The molecule has 0 aliphatic heterocycles. The molecule has 0 aliphatic carbocycles. The fourth-order valence-corrected chi connectivity index (χ4v) is 2.63. The third-order valence-corrected chi connectivity index (χ3v) is 3.60. The molecule has 20 heavy (non-hydrogen) atoms. The maximum atomic E-state index is 5.61. The zero-order chi connectivity index (χ0) is 14.1. The molecule has 3 aromatic rings. The smallest absolute Gasteiger partial charge is 0.106 e. The number of anilines is 1. The monoisotopic (exact) mass is 266 g/mol. The quantitative estimate of drug-likeness (QED) is 0.751. The van der Waals surface area contributed by atoms with Gasteiger partial charge in [-0.1, -0.05) is 12.1 Å². The molecule has 3 rings (SSSR count). The van der Waals surface area contributed by atoms with E-state index in [0.717, 1.165) is 22.6 Å². The predicted molar refractivity (Wildman–Crippen MR) is 82.0 cm³/mol. The summed E-state index contributed by atoms with van der Waals surface area (Å²) in [6, 6.07) is 10.6. The molecule has 1 N–H and O–H groups in total. The molecule has 3 heteroatoms. The molecule has 0 aliphatic rings. The zero-order valence-corrected chi connectivity index (χ0v) is 12.0. The minimum atomic E-state index is 0.193. The largest absolute Gasteiger partial charge is 0.466 e. The van der Waals surface area contributed by atoms with Crippen LogP contribution >= 0.6 is 0 Å². The van der Waals surface area contributed by atoms with Gasteiger partial charge in [0.2, 0.25) is 0 Å². The van der Waals surface area contributed by atoms with E-state index in [4.69, 9.17) is 4.42 Å². The van der Waals surface area contributed by atoms with Crippen LogP contribution in [0.3, 0.4) is 0 Å². The van der Waals surface area contributed by atoms with Crippen molar-refractivity contribution in [2.75, 3.05) is 5.32 Å². The van der Waals surface area contributed by atoms with Crippen molar-refractivity contribution in [2.24, 2.45) is 0 Å². The van der Waals surface area contributed by atoms with E-state index in [0.29, 0.717) is 0 Å². The van der Waals surface area contributed by atoms with Crippen molar-refractivity contribution in [2.45, 2.75) is 26.8 Å². The molecule has 0 radical (unpaired) electrons. The normalized spacial score (nSPS) is 12.6. The number of hydrogen-bond acceptors (Lipinski definition) is 3. The molecule has 2 heterocycles.